The van der Waals surface area contributed by atoms with Gasteiger partial charge in [0.1, 0.15) is 0 Å². The molecule has 0 bridgehead atoms. The van der Waals surface area contributed by atoms with Crippen LogP contribution in [0.5, 0.6) is 0 Å². The maximum Gasteiger partial charge on any atom is 0.223 e. The summed E-state index contributed by atoms with van der Waals surface area (Å²) in [6.07, 6.45) is 8.74. The summed E-state index contributed by atoms with van der Waals surface area (Å²) in [6, 6.07) is 0. The van der Waals surface area contributed by atoms with Crippen LogP contribution < -0.4 is 11.1 Å². The summed E-state index contributed by atoms with van der Waals surface area (Å²) in [6.45, 7) is 3.31. The molecule has 0 unspecified atom stereocenters. The van der Waals surface area contributed by atoms with E-state index in [9.17, 15) is 9.59 Å². The summed E-state index contributed by atoms with van der Waals surface area (Å²) >= 11 is 0. The SMILES string of the molecule is COCCCNC(=O)C1CCN(C(=O)CC2(CN)CCCCC2)CC1. The molecule has 0 radical (unpaired) electrons. The molecule has 0 aromatic carbocycles. The lowest BCUT2D eigenvalue weighted by molar-refractivity contribution is -0.138. The second kappa shape index (κ2) is 10.1. The highest BCUT2D eigenvalue weighted by Crippen LogP contribution is 2.39. The number of nitrogens with two attached hydrogens (primary N) is 1. The Kier molecular flexibility index (Phi) is 8.16. The smallest absolute Gasteiger partial charge is 0.223 e. The molecule has 25 heavy (non-hydrogen) atoms. The van der Waals surface area contributed by atoms with Gasteiger partial charge in [0.05, 0.1) is 0 Å². The van der Waals surface area contributed by atoms with Gasteiger partial charge in [-0.1, -0.05) is 19.3 Å². The number of rotatable bonds is 8. The van der Waals surface area contributed by atoms with Gasteiger partial charge in [-0.15, -0.1) is 0 Å². The molecule has 144 valence electrons. The van der Waals surface area contributed by atoms with Crippen molar-refractivity contribution in [2.75, 3.05) is 39.9 Å². The minimum Gasteiger partial charge on any atom is -0.385 e. The third kappa shape index (κ3) is 5.96. The van der Waals surface area contributed by atoms with Crippen LogP contribution in [0.25, 0.3) is 0 Å². The Morgan fingerprint density at radius 2 is 1.88 bits per heavy atom. The van der Waals surface area contributed by atoms with Crippen LogP contribution in [0.3, 0.4) is 0 Å². The molecule has 2 amide bonds. The van der Waals surface area contributed by atoms with E-state index in [-0.39, 0.29) is 23.1 Å². The van der Waals surface area contributed by atoms with Crippen molar-refractivity contribution in [1.82, 2.24) is 10.2 Å². The van der Waals surface area contributed by atoms with Gasteiger partial charge in [-0.25, -0.2) is 0 Å². The number of amides is 2. The van der Waals surface area contributed by atoms with Crippen LogP contribution in [0.4, 0.5) is 0 Å². The van der Waals surface area contributed by atoms with Crippen LogP contribution in [-0.4, -0.2) is 56.6 Å². The quantitative estimate of drug-likeness (QED) is 0.650. The van der Waals surface area contributed by atoms with Crippen LogP contribution in [0, 0.1) is 11.3 Å². The van der Waals surface area contributed by atoms with Crippen LogP contribution in [-0.2, 0) is 14.3 Å². The zero-order valence-electron chi connectivity index (χ0n) is 15.7. The predicted octanol–water partition coefficient (Wildman–Crippen LogP) is 1.68. The third-order valence-electron chi connectivity index (χ3n) is 5.92. The summed E-state index contributed by atoms with van der Waals surface area (Å²) in [5.41, 5.74) is 6.03. The highest BCUT2D eigenvalue weighted by Gasteiger charge is 2.35. The summed E-state index contributed by atoms with van der Waals surface area (Å²) in [4.78, 5) is 26.8. The fourth-order valence-corrected chi connectivity index (χ4v) is 4.15. The number of carbonyl (C=O) groups excluding carboxylic acids is 2. The molecule has 1 saturated carbocycles. The van der Waals surface area contributed by atoms with E-state index in [1.165, 1.54) is 19.3 Å². The Balaban J connectivity index is 1.73. The Morgan fingerprint density at radius 3 is 2.48 bits per heavy atom. The Morgan fingerprint density at radius 1 is 1.20 bits per heavy atom. The summed E-state index contributed by atoms with van der Waals surface area (Å²) in [5.74, 6) is 0.380. The van der Waals surface area contributed by atoms with Crippen molar-refractivity contribution in [1.29, 1.82) is 0 Å². The van der Waals surface area contributed by atoms with Crippen molar-refractivity contribution in [2.45, 2.75) is 57.8 Å². The van der Waals surface area contributed by atoms with Crippen molar-refractivity contribution in [3.05, 3.63) is 0 Å². The molecule has 2 aliphatic rings. The van der Waals surface area contributed by atoms with Gasteiger partial charge in [0, 0.05) is 45.7 Å². The molecule has 2 rings (SSSR count). The van der Waals surface area contributed by atoms with Gasteiger partial charge in [-0.2, -0.15) is 0 Å². The number of hydrogen-bond donors (Lipinski definition) is 2. The summed E-state index contributed by atoms with van der Waals surface area (Å²) in [5, 5.41) is 2.97. The van der Waals surface area contributed by atoms with Crippen LogP contribution >= 0.6 is 0 Å². The Labute approximate surface area is 151 Å². The van der Waals surface area contributed by atoms with Gasteiger partial charge in [0.15, 0.2) is 0 Å². The second-order valence-corrected chi connectivity index (χ2v) is 7.73. The Hall–Kier alpha value is -1.14. The first-order valence-electron chi connectivity index (χ1n) is 9.85. The molecule has 2 fully saturated rings. The number of piperidine rings is 1. The molecule has 0 atom stereocenters. The van der Waals surface area contributed by atoms with Crippen molar-refractivity contribution >= 4 is 11.8 Å². The van der Waals surface area contributed by atoms with E-state index in [1.807, 2.05) is 4.90 Å². The van der Waals surface area contributed by atoms with E-state index in [2.05, 4.69) is 5.32 Å². The van der Waals surface area contributed by atoms with Crippen LogP contribution in [0.2, 0.25) is 0 Å². The minimum atomic E-state index is 0.0188. The number of nitrogens with one attached hydrogen (secondary N) is 1. The van der Waals surface area contributed by atoms with Gasteiger partial charge >= 0.3 is 0 Å². The highest BCUT2D eigenvalue weighted by atomic mass is 16.5. The maximum absolute atomic E-state index is 12.7. The highest BCUT2D eigenvalue weighted by molar-refractivity contribution is 5.80. The molecule has 0 aromatic rings. The number of carbonyl (C=O) groups is 2. The molecule has 6 heteroatoms. The molecular weight excluding hydrogens is 318 g/mol. The van der Waals surface area contributed by atoms with E-state index in [0.29, 0.717) is 39.2 Å². The second-order valence-electron chi connectivity index (χ2n) is 7.73. The fourth-order valence-electron chi connectivity index (χ4n) is 4.15. The van der Waals surface area contributed by atoms with E-state index in [1.54, 1.807) is 7.11 Å². The largest absolute Gasteiger partial charge is 0.385 e. The molecule has 0 spiro atoms. The predicted molar refractivity (Wildman–Crippen MR) is 98.0 cm³/mol. The summed E-state index contributed by atoms with van der Waals surface area (Å²) in [7, 11) is 1.66. The average Bonchev–Trinajstić information content (AvgIpc) is 2.66. The molecule has 1 aliphatic heterocycles. The van der Waals surface area contributed by atoms with Crippen LogP contribution in [0.15, 0.2) is 0 Å². The molecule has 6 nitrogen and oxygen atoms in total. The van der Waals surface area contributed by atoms with Crippen LogP contribution in [0.1, 0.15) is 57.8 Å². The fraction of sp³-hybridized carbons (Fsp3) is 0.895. The standard InChI is InChI=1S/C19H35N3O3/c1-25-13-5-10-21-18(24)16-6-11-22(12-7-16)17(23)14-19(15-20)8-3-2-4-9-19/h16H,2-15,20H2,1H3,(H,21,24). The van der Waals surface area contributed by atoms with Crippen molar-refractivity contribution in [2.24, 2.45) is 17.1 Å². The first kappa shape index (κ1) is 20.2. The minimum absolute atomic E-state index is 0.0188. The molecule has 1 heterocycles. The zero-order chi connectivity index (χ0) is 18.1. The molecule has 1 saturated heterocycles. The van der Waals surface area contributed by atoms with E-state index in [4.69, 9.17) is 10.5 Å². The van der Waals surface area contributed by atoms with Gasteiger partial charge in [0.25, 0.3) is 0 Å². The lowest BCUT2D eigenvalue weighted by atomic mass is 9.71. The Bertz CT molecular complexity index is 428. The van der Waals surface area contributed by atoms with Gasteiger partial charge < -0.3 is 20.7 Å². The molecule has 3 N–H and O–H groups in total. The van der Waals surface area contributed by atoms with Crippen molar-refractivity contribution in [3.8, 4) is 0 Å². The van der Waals surface area contributed by atoms with Gasteiger partial charge in [-0.3, -0.25) is 9.59 Å². The molecular formula is C19H35N3O3. The zero-order valence-corrected chi connectivity index (χ0v) is 15.7. The molecule has 0 aromatic heterocycles. The normalized spacial score (nSPS) is 21.1. The number of likely N-dealkylation sites (tertiary alicyclic amines) is 1. The lowest BCUT2D eigenvalue weighted by Crippen LogP contribution is -2.46. The van der Waals surface area contributed by atoms with Gasteiger partial charge in [-0.05, 0) is 44.1 Å². The number of hydrogen-bond acceptors (Lipinski definition) is 4. The summed E-state index contributed by atoms with van der Waals surface area (Å²) < 4.78 is 4.98. The number of nitrogens with zero attached hydrogens (tertiary/aromatic N) is 1. The van der Waals surface area contributed by atoms with Crippen molar-refractivity contribution in [3.63, 3.8) is 0 Å². The lowest BCUT2D eigenvalue weighted by Gasteiger charge is -2.38. The first-order chi connectivity index (χ1) is 12.1. The number of ether oxygens (including phenoxy) is 1. The molecule has 1 aliphatic carbocycles. The third-order valence-corrected chi connectivity index (χ3v) is 5.92. The van der Waals surface area contributed by atoms with Crippen molar-refractivity contribution < 1.29 is 14.3 Å². The topological polar surface area (TPSA) is 84.7 Å². The van der Waals surface area contributed by atoms with E-state index < -0.39 is 0 Å². The van der Waals surface area contributed by atoms with E-state index in [0.717, 1.165) is 32.1 Å². The number of methoxy groups -OCH3 is 1. The monoisotopic (exact) mass is 353 g/mol. The van der Waals surface area contributed by atoms with Gasteiger partial charge in [0.2, 0.25) is 11.8 Å². The van der Waals surface area contributed by atoms with E-state index >= 15 is 0 Å². The maximum atomic E-state index is 12.7. The first-order valence-corrected chi connectivity index (χ1v) is 9.85. The average molecular weight is 354 g/mol.